The molecule has 1 fully saturated rings. The fourth-order valence-corrected chi connectivity index (χ4v) is 3.61. The number of nitrogens with one attached hydrogen (secondary N) is 1. The van der Waals surface area contributed by atoms with Crippen molar-refractivity contribution in [3.63, 3.8) is 0 Å². The highest BCUT2D eigenvalue weighted by Crippen LogP contribution is 2.36. The van der Waals surface area contributed by atoms with Crippen LogP contribution in [-0.4, -0.2) is 32.2 Å². The van der Waals surface area contributed by atoms with Gasteiger partial charge >= 0.3 is 6.61 Å². The maximum atomic E-state index is 12.5. The van der Waals surface area contributed by atoms with E-state index in [1.807, 2.05) is 24.3 Å². The molecule has 4 nitrogen and oxygen atoms in total. The average molecular weight is 426 g/mol. The molecule has 1 N–H and O–H groups in total. The summed E-state index contributed by atoms with van der Waals surface area (Å²) in [7, 11) is 0. The molecule has 1 heterocycles. The summed E-state index contributed by atoms with van der Waals surface area (Å²) in [6.45, 7) is -0.585. The molecule has 2 unspecified atom stereocenters. The zero-order valence-corrected chi connectivity index (χ0v) is 15.6. The van der Waals surface area contributed by atoms with Gasteiger partial charge in [0.2, 0.25) is 0 Å². The lowest BCUT2D eigenvalue weighted by molar-refractivity contribution is -0.114. The maximum absolute atomic E-state index is 12.5. The minimum Gasteiger partial charge on any atom is -0.435 e. The topological polar surface area (TPSA) is 47.6 Å². The number of morpholine rings is 1. The van der Waals surface area contributed by atoms with Crippen molar-refractivity contribution in [2.24, 2.45) is 0 Å². The molecule has 0 bridgehead atoms. The molecule has 0 saturated carbocycles. The largest absolute Gasteiger partial charge is 0.435 e. The molecule has 0 radical (unpaired) electrons. The SMILES string of the molecule is Cc1cc(C2(c3cccc(Br)c3)COCC(C=O)N2)ccc1OC(F)F. The van der Waals surface area contributed by atoms with Crippen molar-refractivity contribution in [1.29, 1.82) is 0 Å². The summed E-state index contributed by atoms with van der Waals surface area (Å²) in [5.74, 6) is 0.122. The lowest BCUT2D eigenvalue weighted by Crippen LogP contribution is -2.58. The molecule has 1 aliphatic rings. The predicted octanol–water partition coefficient (Wildman–Crippen LogP) is 3.79. The number of rotatable bonds is 5. The summed E-state index contributed by atoms with van der Waals surface area (Å²) in [5, 5.41) is 3.36. The third-order valence-corrected chi connectivity index (χ3v) is 4.91. The summed E-state index contributed by atoms with van der Waals surface area (Å²) in [4.78, 5) is 11.4. The van der Waals surface area contributed by atoms with E-state index in [1.165, 1.54) is 6.07 Å². The van der Waals surface area contributed by atoms with Gasteiger partial charge in [0.15, 0.2) is 0 Å². The van der Waals surface area contributed by atoms with Crippen molar-refractivity contribution in [3.8, 4) is 5.75 Å². The minimum absolute atomic E-state index is 0.122. The number of halogens is 3. The van der Waals surface area contributed by atoms with Crippen LogP contribution < -0.4 is 10.1 Å². The Morgan fingerprint density at radius 2 is 2.08 bits per heavy atom. The van der Waals surface area contributed by atoms with E-state index in [0.29, 0.717) is 12.2 Å². The van der Waals surface area contributed by atoms with Crippen LogP contribution in [0.4, 0.5) is 8.78 Å². The van der Waals surface area contributed by atoms with Crippen LogP contribution in [0.5, 0.6) is 5.75 Å². The molecule has 138 valence electrons. The van der Waals surface area contributed by atoms with Crippen molar-refractivity contribution in [2.45, 2.75) is 25.1 Å². The first kappa shape index (κ1) is 18.9. The third-order valence-electron chi connectivity index (χ3n) is 4.41. The zero-order valence-electron chi connectivity index (χ0n) is 14.0. The van der Waals surface area contributed by atoms with Gasteiger partial charge in [0, 0.05) is 4.47 Å². The van der Waals surface area contributed by atoms with Gasteiger partial charge in [0.1, 0.15) is 12.0 Å². The number of benzene rings is 2. The Kier molecular flexibility index (Phi) is 5.70. The molecule has 0 spiro atoms. The lowest BCUT2D eigenvalue weighted by atomic mass is 9.81. The van der Waals surface area contributed by atoms with Crippen LogP contribution in [0.1, 0.15) is 16.7 Å². The first-order valence-electron chi connectivity index (χ1n) is 8.07. The first-order chi connectivity index (χ1) is 12.4. The Morgan fingerprint density at radius 3 is 2.73 bits per heavy atom. The lowest BCUT2D eigenvalue weighted by Gasteiger charge is -2.42. The van der Waals surface area contributed by atoms with E-state index >= 15 is 0 Å². The van der Waals surface area contributed by atoms with Crippen molar-refractivity contribution in [2.75, 3.05) is 13.2 Å². The smallest absolute Gasteiger partial charge is 0.387 e. The van der Waals surface area contributed by atoms with Crippen molar-refractivity contribution >= 4 is 22.2 Å². The van der Waals surface area contributed by atoms with Gasteiger partial charge in [-0.1, -0.05) is 40.2 Å². The Labute approximate surface area is 158 Å². The van der Waals surface area contributed by atoms with Crippen molar-refractivity contribution in [3.05, 3.63) is 63.6 Å². The summed E-state index contributed by atoms with van der Waals surface area (Å²) in [6.07, 6.45) is 0.813. The number of alkyl halides is 2. The van der Waals surface area contributed by atoms with Gasteiger partial charge < -0.3 is 14.3 Å². The first-order valence-corrected chi connectivity index (χ1v) is 8.86. The number of aldehydes is 1. The average Bonchev–Trinajstić information content (AvgIpc) is 2.63. The number of aryl methyl sites for hydroxylation is 1. The van der Waals surface area contributed by atoms with Gasteiger partial charge in [-0.05, 0) is 41.8 Å². The molecule has 0 aromatic heterocycles. The predicted molar refractivity (Wildman–Crippen MR) is 96.5 cm³/mol. The van der Waals surface area contributed by atoms with Gasteiger partial charge in [0.05, 0.1) is 24.8 Å². The van der Waals surface area contributed by atoms with Crippen LogP contribution in [0.3, 0.4) is 0 Å². The Morgan fingerprint density at radius 1 is 1.31 bits per heavy atom. The minimum atomic E-state index is -2.88. The van der Waals surface area contributed by atoms with Gasteiger partial charge in [-0.25, -0.2) is 0 Å². The van der Waals surface area contributed by atoms with E-state index in [9.17, 15) is 13.6 Å². The van der Waals surface area contributed by atoms with Gasteiger partial charge in [-0.2, -0.15) is 8.78 Å². The van der Waals surface area contributed by atoms with Crippen molar-refractivity contribution in [1.82, 2.24) is 5.32 Å². The molecule has 2 atom stereocenters. The molecule has 2 aromatic carbocycles. The molecule has 1 aliphatic heterocycles. The number of hydrogen-bond acceptors (Lipinski definition) is 4. The number of hydrogen-bond donors (Lipinski definition) is 1. The molecule has 1 saturated heterocycles. The van der Waals surface area contributed by atoms with Gasteiger partial charge in [-0.15, -0.1) is 0 Å². The van der Waals surface area contributed by atoms with E-state index in [4.69, 9.17) is 4.74 Å². The Balaban J connectivity index is 2.09. The van der Waals surface area contributed by atoms with Crippen LogP contribution in [0, 0.1) is 6.92 Å². The standard InChI is InChI=1S/C19H18BrF2NO3/c1-12-7-14(5-6-17(12)26-18(21)22)19(11-25-10-16(9-24)23-19)13-3-2-4-15(20)8-13/h2-9,16,18,23H,10-11H2,1H3. The highest BCUT2D eigenvalue weighted by Gasteiger charge is 2.40. The van der Waals surface area contributed by atoms with Crippen LogP contribution in [0.15, 0.2) is 46.9 Å². The fourth-order valence-electron chi connectivity index (χ4n) is 3.21. The van der Waals surface area contributed by atoms with Crippen LogP contribution in [0.2, 0.25) is 0 Å². The Hall–Kier alpha value is -1.83. The van der Waals surface area contributed by atoms with Crippen LogP contribution in [-0.2, 0) is 15.1 Å². The molecular weight excluding hydrogens is 408 g/mol. The Bertz CT molecular complexity index is 802. The normalized spacial score (nSPS) is 23.0. The van der Waals surface area contributed by atoms with Crippen LogP contribution >= 0.6 is 15.9 Å². The molecule has 26 heavy (non-hydrogen) atoms. The fraction of sp³-hybridized carbons (Fsp3) is 0.316. The van der Waals surface area contributed by atoms with E-state index in [-0.39, 0.29) is 12.4 Å². The number of carbonyl (C=O) groups is 1. The van der Waals surface area contributed by atoms with Gasteiger partial charge in [-0.3, -0.25) is 5.32 Å². The molecule has 7 heteroatoms. The summed E-state index contributed by atoms with van der Waals surface area (Å²) in [5.41, 5.74) is 1.51. The third kappa shape index (κ3) is 3.79. The van der Waals surface area contributed by atoms with Crippen LogP contribution in [0.25, 0.3) is 0 Å². The maximum Gasteiger partial charge on any atom is 0.387 e. The van der Waals surface area contributed by atoms with E-state index in [2.05, 4.69) is 26.0 Å². The van der Waals surface area contributed by atoms with Gasteiger partial charge in [0.25, 0.3) is 0 Å². The second-order valence-corrected chi connectivity index (χ2v) is 7.09. The second-order valence-electron chi connectivity index (χ2n) is 6.18. The molecule has 0 amide bonds. The van der Waals surface area contributed by atoms with E-state index in [1.54, 1.807) is 19.1 Å². The zero-order chi connectivity index (χ0) is 18.7. The number of ether oxygens (including phenoxy) is 2. The van der Waals surface area contributed by atoms with E-state index in [0.717, 1.165) is 21.9 Å². The highest BCUT2D eigenvalue weighted by atomic mass is 79.9. The summed E-state index contributed by atoms with van der Waals surface area (Å²) < 4.78 is 36.2. The monoisotopic (exact) mass is 425 g/mol. The summed E-state index contributed by atoms with van der Waals surface area (Å²) >= 11 is 3.47. The molecular formula is C19H18BrF2NO3. The van der Waals surface area contributed by atoms with Crippen molar-refractivity contribution < 1.29 is 23.0 Å². The number of carbonyl (C=O) groups excluding carboxylic acids is 1. The second kappa shape index (κ2) is 7.82. The van der Waals surface area contributed by atoms with E-state index < -0.39 is 18.2 Å². The summed E-state index contributed by atoms with van der Waals surface area (Å²) in [6, 6.07) is 12.2. The molecule has 0 aliphatic carbocycles. The molecule has 2 aromatic rings. The quantitative estimate of drug-likeness (QED) is 0.740. The highest BCUT2D eigenvalue weighted by molar-refractivity contribution is 9.10. The molecule has 3 rings (SSSR count).